The molecule has 1 aliphatic rings. The van der Waals surface area contributed by atoms with Gasteiger partial charge in [0.15, 0.2) is 5.58 Å². The number of rotatable bonds is 2. The molecule has 1 N–H and O–H groups in total. The monoisotopic (exact) mass is 244 g/mol. The summed E-state index contributed by atoms with van der Waals surface area (Å²) in [6.45, 7) is 8.62. The standard InChI is InChI=1S/C15H20N2O/c1-10(2)15(6-7-16-9-15)14-17-12-8-11(3)4-5-13(12)18-14/h4-5,8,10,16H,6-7,9H2,1-3H3. The van der Waals surface area contributed by atoms with Crippen molar-refractivity contribution in [1.82, 2.24) is 10.3 Å². The zero-order chi connectivity index (χ0) is 12.8. The number of nitrogens with one attached hydrogen (secondary N) is 1. The van der Waals surface area contributed by atoms with Crippen molar-refractivity contribution in [2.75, 3.05) is 13.1 Å². The van der Waals surface area contributed by atoms with Gasteiger partial charge in [0.05, 0.1) is 5.41 Å². The first-order valence-corrected chi connectivity index (χ1v) is 6.70. The molecule has 0 radical (unpaired) electrons. The Morgan fingerprint density at radius 2 is 2.22 bits per heavy atom. The molecule has 0 spiro atoms. The molecule has 0 saturated carbocycles. The van der Waals surface area contributed by atoms with Gasteiger partial charge in [-0.25, -0.2) is 4.98 Å². The van der Waals surface area contributed by atoms with Crippen LogP contribution in [0.3, 0.4) is 0 Å². The second-order valence-electron chi connectivity index (χ2n) is 5.73. The number of benzene rings is 1. The van der Waals surface area contributed by atoms with Crippen LogP contribution in [0, 0.1) is 12.8 Å². The summed E-state index contributed by atoms with van der Waals surface area (Å²) in [7, 11) is 0. The molecular weight excluding hydrogens is 224 g/mol. The minimum atomic E-state index is 0.0624. The van der Waals surface area contributed by atoms with Gasteiger partial charge < -0.3 is 9.73 Å². The Balaban J connectivity index is 2.12. The van der Waals surface area contributed by atoms with E-state index in [0.29, 0.717) is 5.92 Å². The molecule has 0 aliphatic carbocycles. The van der Waals surface area contributed by atoms with Gasteiger partial charge in [-0.2, -0.15) is 0 Å². The molecule has 3 nitrogen and oxygen atoms in total. The minimum Gasteiger partial charge on any atom is -0.440 e. The van der Waals surface area contributed by atoms with E-state index in [9.17, 15) is 0 Å². The van der Waals surface area contributed by atoms with Crippen molar-refractivity contribution in [2.45, 2.75) is 32.6 Å². The maximum atomic E-state index is 6.02. The van der Waals surface area contributed by atoms with Gasteiger partial charge in [-0.15, -0.1) is 0 Å². The Morgan fingerprint density at radius 3 is 2.89 bits per heavy atom. The molecule has 2 aromatic rings. The van der Waals surface area contributed by atoms with Gasteiger partial charge in [0, 0.05) is 6.54 Å². The van der Waals surface area contributed by atoms with Crippen molar-refractivity contribution in [2.24, 2.45) is 5.92 Å². The molecule has 1 fully saturated rings. The third-order valence-electron chi connectivity index (χ3n) is 4.26. The highest BCUT2D eigenvalue weighted by atomic mass is 16.3. The number of oxazole rings is 1. The van der Waals surface area contributed by atoms with Gasteiger partial charge in [-0.05, 0) is 43.5 Å². The topological polar surface area (TPSA) is 38.1 Å². The van der Waals surface area contributed by atoms with Crippen LogP contribution in [0.15, 0.2) is 22.6 Å². The van der Waals surface area contributed by atoms with E-state index in [2.05, 4.69) is 38.2 Å². The number of nitrogens with zero attached hydrogens (tertiary/aromatic N) is 1. The Labute approximate surface area is 108 Å². The van der Waals surface area contributed by atoms with Crippen LogP contribution in [0.2, 0.25) is 0 Å². The molecular formula is C15H20N2O. The molecule has 1 saturated heterocycles. The van der Waals surface area contributed by atoms with Gasteiger partial charge in [-0.1, -0.05) is 19.9 Å². The summed E-state index contributed by atoms with van der Waals surface area (Å²) in [5.74, 6) is 1.43. The van der Waals surface area contributed by atoms with Crippen molar-refractivity contribution in [3.63, 3.8) is 0 Å². The van der Waals surface area contributed by atoms with E-state index in [1.165, 1.54) is 5.56 Å². The molecule has 1 unspecified atom stereocenters. The highest BCUT2D eigenvalue weighted by Gasteiger charge is 2.42. The fraction of sp³-hybridized carbons (Fsp3) is 0.533. The van der Waals surface area contributed by atoms with Gasteiger partial charge in [0.1, 0.15) is 5.52 Å². The lowest BCUT2D eigenvalue weighted by Gasteiger charge is -2.28. The second kappa shape index (κ2) is 4.09. The molecule has 1 aromatic heterocycles. The van der Waals surface area contributed by atoms with Crippen molar-refractivity contribution in [3.8, 4) is 0 Å². The summed E-state index contributed by atoms with van der Waals surface area (Å²) in [5, 5.41) is 3.45. The number of aryl methyl sites for hydroxylation is 1. The van der Waals surface area contributed by atoms with Crippen LogP contribution in [0.1, 0.15) is 31.7 Å². The highest BCUT2D eigenvalue weighted by Crippen LogP contribution is 2.38. The van der Waals surface area contributed by atoms with Crippen molar-refractivity contribution in [3.05, 3.63) is 29.7 Å². The van der Waals surface area contributed by atoms with E-state index in [0.717, 1.165) is 36.5 Å². The largest absolute Gasteiger partial charge is 0.440 e. The number of hydrogen-bond donors (Lipinski definition) is 1. The summed E-state index contributed by atoms with van der Waals surface area (Å²) < 4.78 is 6.02. The third kappa shape index (κ3) is 1.65. The first kappa shape index (κ1) is 11.7. The van der Waals surface area contributed by atoms with Crippen molar-refractivity contribution in [1.29, 1.82) is 0 Å². The minimum absolute atomic E-state index is 0.0624. The quantitative estimate of drug-likeness (QED) is 0.882. The predicted molar refractivity (Wildman–Crippen MR) is 72.7 cm³/mol. The van der Waals surface area contributed by atoms with E-state index in [4.69, 9.17) is 9.40 Å². The van der Waals surface area contributed by atoms with Gasteiger partial charge in [-0.3, -0.25) is 0 Å². The van der Waals surface area contributed by atoms with E-state index in [-0.39, 0.29) is 5.41 Å². The number of fused-ring (bicyclic) bond motifs is 1. The van der Waals surface area contributed by atoms with Gasteiger partial charge >= 0.3 is 0 Å². The normalized spacial score (nSPS) is 24.2. The Kier molecular flexibility index (Phi) is 2.67. The van der Waals surface area contributed by atoms with Crippen LogP contribution >= 0.6 is 0 Å². The molecule has 1 atom stereocenters. The first-order valence-electron chi connectivity index (χ1n) is 6.70. The fourth-order valence-corrected chi connectivity index (χ4v) is 2.88. The molecule has 3 heteroatoms. The van der Waals surface area contributed by atoms with Gasteiger partial charge in [0.25, 0.3) is 0 Å². The van der Waals surface area contributed by atoms with Crippen molar-refractivity contribution >= 4 is 11.1 Å². The van der Waals surface area contributed by atoms with E-state index in [1.54, 1.807) is 0 Å². The van der Waals surface area contributed by atoms with Crippen LogP contribution in [0.5, 0.6) is 0 Å². The smallest absolute Gasteiger partial charge is 0.203 e. The lowest BCUT2D eigenvalue weighted by Crippen LogP contribution is -2.35. The molecule has 2 heterocycles. The summed E-state index contributed by atoms with van der Waals surface area (Å²) in [6.07, 6.45) is 1.11. The third-order valence-corrected chi connectivity index (χ3v) is 4.26. The summed E-state index contributed by atoms with van der Waals surface area (Å²) >= 11 is 0. The summed E-state index contributed by atoms with van der Waals surface area (Å²) in [4.78, 5) is 4.74. The Hall–Kier alpha value is -1.35. The number of hydrogen-bond acceptors (Lipinski definition) is 3. The summed E-state index contributed by atoms with van der Waals surface area (Å²) in [6, 6.07) is 6.20. The molecule has 3 rings (SSSR count). The average molecular weight is 244 g/mol. The van der Waals surface area contributed by atoms with E-state index < -0.39 is 0 Å². The summed E-state index contributed by atoms with van der Waals surface area (Å²) in [5.41, 5.74) is 3.18. The maximum Gasteiger partial charge on any atom is 0.203 e. The Morgan fingerprint density at radius 1 is 1.39 bits per heavy atom. The van der Waals surface area contributed by atoms with Crippen LogP contribution in [0.4, 0.5) is 0 Å². The highest BCUT2D eigenvalue weighted by molar-refractivity contribution is 5.73. The van der Waals surface area contributed by atoms with Crippen LogP contribution in [-0.2, 0) is 5.41 Å². The Bertz CT molecular complexity index is 565. The van der Waals surface area contributed by atoms with E-state index in [1.807, 2.05) is 6.07 Å². The molecule has 1 aromatic carbocycles. The number of aromatic nitrogens is 1. The average Bonchev–Trinajstić information content (AvgIpc) is 2.94. The molecule has 18 heavy (non-hydrogen) atoms. The van der Waals surface area contributed by atoms with Crippen LogP contribution in [0.25, 0.3) is 11.1 Å². The maximum absolute atomic E-state index is 6.02. The zero-order valence-electron chi connectivity index (χ0n) is 11.3. The molecule has 0 bridgehead atoms. The lowest BCUT2D eigenvalue weighted by molar-refractivity contribution is 0.269. The molecule has 1 aliphatic heterocycles. The lowest BCUT2D eigenvalue weighted by atomic mass is 9.76. The van der Waals surface area contributed by atoms with Crippen LogP contribution in [-0.4, -0.2) is 18.1 Å². The fourth-order valence-electron chi connectivity index (χ4n) is 2.88. The zero-order valence-corrected chi connectivity index (χ0v) is 11.3. The molecule has 96 valence electrons. The van der Waals surface area contributed by atoms with E-state index >= 15 is 0 Å². The second-order valence-corrected chi connectivity index (χ2v) is 5.73. The predicted octanol–water partition coefficient (Wildman–Crippen LogP) is 3.02. The van der Waals surface area contributed by atoms with Crippen molar-refractivity contribution < 1.29 is 4.42 Å². The van der Waals surface area contributed by atoms with Crippen LogP contribution < -0.4 is 5.32 Å². The first-order chi connectivity index (χ1) is 8.62. The SMILES string of the molecule is Cc1ccc2oc(C3(C(C)C)CCNC3)nc2c1. The molecule has 0 amide bonds. The van der Waals surface area contributed by atoms with Gasteiger partial charge in [0.2, 0.25) is 5.89 Å².